The molecule has 2 heterocycles. The van der Waals surface area contributed by atoms with Crippen molar-refractivity contribution >= 4 is 36.5 Å². The first-order chi connectivity index (χ1) is 15.9. The van der Waals surface area contributed by atoms with Gasteiger partial charge in [-0.25, -0.2) is 17.8 Å². The van der Waals surface area contributed by atoms with Crippen LogP contribution in [0.1, 0.15) is 43.9 Å². The van der Waals surface area contributed by atoms with Gasteiger partial charge in [0, 0.05) is 31.7 Å². The molecule has 1 aliphatic carbocycles. The Hall–Kier alpha value is -2.07. The maximum absolute atomic E-state index is 13.5. The summed E-state index contributed by atoms with van der Waals surface area (Å²) >= 11 is 1.46. The van der Waals surface area contributed by atoms with E-state index in [1.165, 1.54) is 23.5 Å². The standard InChI is InChI=1S/C24H28FN3O3S2/c25-17-10-11-20-21(16-17)32-24(26-20)28-14-12-27(13-15-28)23(29)19-8-4-5-9-22(19)33(30,31)18-6-2-1-3-7-18/h4-5,8-11,16,18,23,29H,1-3,6-7,12-15H2. The molecule has 5 rings (SSSR count). The topological polar surface area (TPSA) is 73.7 Å². The van der Waals surface area contributed by atoms with Crippen molar-refractivity contribution in [1.29, 1.82) is 0 Å². The highest BCUT2D eigenvalue weighted by atomic mass is 32.2. The molecule has 0 bridgehead atoms. The van der Waals surface area contributed by atoms with E-state index in [0.29, 0.717) is 44.6 Å². The van der Waals surface area contributed by atoms with Crippen molar-refractivity contribution in [2.24, 2.45) is 0 Å². The molecule has 0 radical (unpaired) electrons. The Kier molecular flexibility index (Phi) is 6.39. The number of aliphatic hydroxyl groups excluding tert-OH is 1. The van der Waals surface area contributed by atoms with Gasteiger partial charge in [-0.3, -0.25) is 4.90 Å². The smallest absolute Gasteiger partial charge is 0.186 e. The van der Waals surface area contributed by atoms with Crippen molar-refractivity contribution in [1.82, 2.24) is 9.88 Å². The summed E-state index contributed by atoms with van der Waals surface area (Å²) in [5.41, 5.74) is 1.24. The van der Waals surface area contributed by atoms with E-state index >= 15 is 0 Å². The summed E-state index contributed by atoms with van der Waals surface area (Å²) in [6.07, 6.45) is 3.37. The van der Waals surface area contributed by atoms with Crippen molar-refractivity contribution < 1.29 is 17.9 Å². The number of aromatic nitrogens is 1. The quantitative estimate of drug-likeness (QED) is 0.574. The predicted octanol–water partition coefficient (Wildman–Crippen LogP) is 4.35. The van der Waals surface area contributed by atoms with Crippen molar-refractivity contribution in [3.63, 3.8) is 0 Å². The number of hydrogen-bond donors (Lipinski definition) is 1. The van der Waals surface area contributed by atoms with Gasteiger partial charge in [-0.05, 0) is 37.1 Å². The van der Waals surface area contributed by atoms with Crippen molar-refractivity contribution in [3.05, 3.63) is 53.8 Å². The van der Waals surface area contributed by atoms with Crippen LogP contribution in [0.3, 0.4) is 0 Å². The maximum atomic E-state index is 13.5. The Morgan fingerprint density at radius 3 is 2.52 bits per heavy atom. The van der Waals surface area contributed by atoms with Crippen molar-refractivity contribution in [2.45, 2.75) is 48.5 Å². The van der Waals surface area contributed by atoms with E-state index in [0.717, 1.165) is 34.6 Å². The van der Waals surface area contributed by atoms with E-state index in [4.69, 9.17) is 0 Å². The molecule has 3 aromatic rings. The molecule has 2 fully saturated rings. The number of thiazole rings is 1. The van der Waals surface area contributed by atoms with Crippen LogP contribution in [-0.2, 0) is 9.84 Å². The fraction of sp³-hybridized carbons (Fsp3) is 0.458. The van der Waals surface area contributed by atoms with E-state index in [-0.39, 0.29) is 16.0 Å². The third kappa shape index (κ3) is 4.51. The zero-order valence-electron chi connectivity index (χ0n) is 18.4. The molecule has 9 heteroatoms. The van der Waals surface area contributed by atoms with E-state index in [2.05, 4.69) is 9.88 Å². The van der Waals surface area contributed by atoms with E-state index < -0.39 is 16.1 Å². The average Bonchev–Trinajstić information content (AvgIpc) is 3.27. The lowest BCUT2D eigenvalue weighted by Crippen LogP contribution is -2.48. The number of aliphatic hydroxyl groups is 1. The SMILES string of the molecule is O=S(=O)(c1ccccc1C(O)N1CCN(c2nc3ccc(F)cc3s2)CC1)C1CCCCC1. The van der Waals surface area contributed by atoms with Gasteiger partial charge in [0.2, 0.25) is 0 Å². The minimum absolute atomic E-state index is 0.264. The first-order valence-electron chi connectivity index (χ1n) is 11.5. The fourth-order valence-electron chi connectivity index (χ4n) is 4.88. The molecule has 1 saturated carbocycles. The first kappa shape index (κ1) is 22.7. The number of sulfone groups is 1. The van der Waals surface area contributed by atoms with E-state index in [9.17, 15) is 17.9 Å². The number of rotatable bonds is 5. The van der Waals surface area contributed by atoms with Crippen LogP contribution < -0.4 is 4.90 Å². The summed E-state index contributed by atoms with van der Waals surface area (Å²) in [7, 11) is -3.48. The van der Waals surface area contributed by atoms with Gasteiger partial charge in [0.15, 0.2) is 15.0 Å². The lowest BCUT2D eigenvalue weighted by Gasteiger charge is -2.37. The highest BCUT2D eigenvalue weighted by Gasteiger charge is 2.34. The highest BCUT2D eigenvalue weighted by Crippen LogP contribution is 2.34. The first-order valence-corrected chi connectivity index (χ1v) is 13.9. The molecule has 6 nitrogen and oxygen atoms in total. The largest absolute Gasteiger partial charge is 0.374 e. The minimum Gasteiger partial charge on any atom is -0.374 e. The van der Waals surface area contributed by atoms with Gasteiger partial charge in [-0.15, -0.1) is 0 Å². The molecule has 0 amide bonds. The zero-order valence-corrected chi connectivity index (χ0v) is 20.0. The van der Waals surface area contributed by atoms with Crippen molar-refractivity contribution in [2.75, 3.05) is 31.1 Å². The number of anilines is 1. The van der Waals surface area contributed by atoms with Gasteiger partial charge >= 0.3 is 0 Å². The predicted molar refractivity (Wildman–Crippen MR) is 129 cm³/mol. The van der Waals surface area contributed by atoms with Crippen molar-refractivity contribution in [3.8, 4) is 0 Å². The molecular formula is C24H28FN3O3S2. The van der Waals surface area contributed by atoms with Crippen LogP contribution in [0, 0.1) is 5.82 Å². The number of fused-ring (bicyclic) bond motifs is 1. The minimum atomic E-state index is -3.48. The van der Waals surface area contributed by atoms with Crippen LogP contribution >= 0.6 is 11.3 Å². The molecule has 0 spiro atoms. The molecule has 1 aliphatic heterocycles. The molecule has 1 saturated heterocycles. The van der Waals surface area contributed by atoms with Crippen LogP contribution in [0.2, 0.25) is 0 Å². The Labute approximate surface area is 197 Å². The monoisotopic (exact) mass is 489 g/mol. The van der Waals surface area contributed by atoms with Gasteiger partial charge in [-0.2, -0.15) is 0 Å². The second kappa shape index (κ2) is 9.29. The molecule has 1 N–H and O–H groups in total. The number of halogens is 1. The van der Waals surface area contributed by atoms with Gasteiger partial charge < -0.3 is 10.0 Å². The van der Waals surface area contributed by atoms with Crippen LogP contribution in [0.15, 0.2) is 47.4 Å². The van der Waals surface area contributed by atoms with E-state index in [1.807, 2.05) is 4.90 Å². The van der Waals surface area contributed by atoms with Crippen LogP contribution in [0.4, 0.5) is 9.52 Å². The summed E-state index contributed by atoms with van der Waals surface area (Å²) in [4.78, 5) is 8.94. The number of benzene rings is 2. The Balaban J connectivity index is 1.31. The normalized spacial score (nSPS) is 19.8. The van der Waals surface area contributed by atoms with E-state index in [1.54, 1.807) is 30.3 Å². The molecule has 1 unspecified atom stereocenters. The number of nitrogens with zero attached hydrogens (tertiary/aromatic N) is 3. The highest BCUT2D eigenvalue weighted by molar-refractivity contribution is 7.92. The van der Waals surface area contributed by atoms with Gasteiger partial charge in [0.05, 0.1) is 20.4 Å². The molecule has 33 heavy (non-hydrogen) atoms. The van der Waals surface area contributed by atoms with Gasteiger partial charge in [-0.1, -0.05) is 48.8 Å². The number of piperazine rings is 1. The summed E-state index contributed by atoms with van der Waals surface area (Å²) in [5, 5.41) is 11.7. The Morgan fingerprint density at radius 1 is 1.03 bits per heavy atom. The third-order valence-corrected chi connectivity index (χ3v) is 10.2. The Bertz CT molecular complexity index is 1230. The molecular weight excluding hydrogens is 461 g/mol. The molecule has 1 aromatic heterocycles. The second-order valence-corrected chi connectivity index (χ2v) is 12.1. The lowest BCUT2D eigenvalue weighted by molar-refractivity contribution is -0.00365. The zero-order chi connectivity index (χ0) is 23.0. The van der Waals surface area contributed by atoms with Gasteiger partial charge in [0.1, 0.15) is 12.0 Å². The third-order valence-electron chi connectivity index (χ3n) is 6.76. The molecule has 1 atom stereocenters. The fourth-order valence-corrected chi connectivity index (χ4v) is 8.01. The second-order valence-electron chi connectivity index (χ2n) is 8.85. The summed E-state index contributed by atoms with van der Waals surface area (Å²) in [5.74, 6) is -0.271. The van der Waals surface area contributed by atoms with Gasteiger partial charge in [0.25, 0.3) is 0 Å². The van der Waals surface area contributed by atoms with Crippen LogP contribution in [0.25, 0.3) is 10.2 Å². The molecule has 2 aliphatic rings. The maximum Gasteiger partial charge on any atom is 0.186 e. The summed E-state index contributed by atoms with van der Waals surface area (Å²) in [6.45, 7) is 2.44. The molecule has 2 aromatic carbocycles. The Morgan fingerprint density at radius 2 is 1.76 bits per heavy atom. The summed E-state index contributed by atoms with van der Waals surface area (Å²) in [6, 6.07) is 11.5. The lowest BCUT2D eigenvalue weighted by atomic mass is 10.0. The molecule has 176 valence electrons. The average molecular weight is 490 g/mol. The summed E-state index contributed by atoms with van der Waals surface area (Å²) < 4.78 is 41.1. The van der Waals surface area contributed by atoms with Crippen LogP contribution in [-0.4, -0.2) is 54.8 Å². The number of hydrogen-bond acceptors (Lipinski definition) is 7. The van der Waals surface area contributed by atoms with Crippen LogP contribution in [0.5, 0.6) is 0 Å².